The lowest BCUT2D eigenvalue weighted by Gasteiger charge is -2.31. The number of aliphatic hydroxyl groups excluding tert-OH is 1. The predicted molar refractivity (Wildman–Crippen MR) is 70.3 cm³/mol. The molecule has 1 unspecified atom stereocenters. The van der Waals surface area contributed by atoms with E-state index >= 15 is 0 Å². The van der Waals surface area contributed by atoms with Crippen LogP contribution in [0.5, 0.6) is 0 Å². The van der Waals surface area contributed by atoms with Crippen molar-refractivity contribution >= 4 is 11.6 Å². The third kappa shape index (κ3) is 1.93. The molecular formula is C15H19NO2. The van der Waals surface area contributed by atoms with Gasteiger partial charge in [-0.05, 0) is 31.7 Å². The molecule has 0 aromatic heterocycles. The monoisotopic (exact) mass is 245 g/mol. The van der Waals surface area contributed by atoms with Gasteiger partial charge in [-0.3, -0.25) is 4.79 Å². The van der Waals surface area contributed by atoms with Crippen LogP contribution in [0.15, 0.2) is 24.3 Å². The van der Waals surface area contributed by atoms with Crippen LogP contribution < -0.4 is 4.90 Å². The predicted octanol–water partition coefficient (Wildman–Crippen LogP) is 2.65. The number of rotatable bonds is 1. The first-order valence-corrected chi connectivity index (χ1v) is 6.86. The number of aliphatic hydroxyl groups is 1. The molecule has 0 spiro atoms. The highest BCUT2D eigenvalue weighted by Crippen LogP contribution is 2.36. The first-order chi connectivity index (χ1) is 8.77. The molecule has 1 aliphatic heterocycles. The van der Waals surface area contributed by atoms with E-state index < -0.39 is 6.10 Å². The zero-order valence-electron chi connectivity index (χ0n) is 10.5. The molecule has 1 atom stereocenters. The maximum Gasteiger partial charge on any atom is 0.230 e. The minimum atomic E-state index is -0.430. The lowest BCUT2D eigenvalue weighted by atomic mass is 9.84. The lowest BCUT2D eigenvalue weighted by Crippen LogP contribution is -2.39. The number of para-hydroxylation sites is 1. The number of anilines is 1. The van der Waals surface area contributed by atoms with Crippen molar-refractivity contribution in [2.45, 2.75) is 38.2 Å². The van der Waals surface area contributed by atoms with E-state index in [0.717, 1.165) is 43.5 Å². The highest BCUT2D eigenvalue weighted by Gasteiger charge is 2.32. The van der Waals surface area contributed by atoms with Crippen LogP contribution >= 0.6 is 0 Å². The highest BCUT2D eigenvalue weighted by molar-refractivity contribution is 5.96. The van der Waals surface area contributed by atoms with E-state index in [9.17, 15) is 9.90 Å². The maximum atomic E-state index is 12.4. The minimum Gasteiger partial charge on any atom is -0.388 e. The van der Waals surface area contributed by atoms with Crippen molar-refractivity contribution in [1.29, 1.82) is 0 Å². The Morgan fingerprint density at radius 3 is 2.67 bits per heavy atom. The summed E-state index contributed by atoms with van der Waals surface area (Å²) in [5, 5.41) is 10.1. The topological polar surface area (TPSA) is 40.5 Å². The average Bonchev–Trinajstić information content (AvgIpc) is 2.47. The lowest BCUT2D eigenvalue weighted by molar-refractivity contribution is -0.124. The number of hydrogen-bond donors (Lipinski definition) is 1. The summed E-state index contributed by atoms with van der Waals surface area (Å²) in [4.78, 5) is 14.3. The number of carbonyl (C=O) groups excluding carboxylic acids is 1. The Hall–Kier alpha value is -1.35. The molecule has 1 aromatic carbocycles. The zero-order chi connectivity index (χ0) is 12.5. The summed E-state index contributed by atoms with van der Waals surface area (Å²) in [6, 6.07) is 7.77. The maximum absolute atomic E-state index is 12.4. The Bertz CT molecular complexity index is 454. The van der Waals surface area contributed by atoms with Crippen molar-refractivity contribution in [3.8, 4) is 0 Å². The van der Waals surface area contributed by atoms with E-state index in [-0.39, 0.29) is 11.8 Å². The third-order valence-corrected chi connectivity index (χ3v) is 4.17. The van der Waals surface area contributed by atoms with Gasteiger partial charge in [0.05, 0.1) is 6.10 Å². The van der Waals surface area contributed by atoms with E-state index in [0.29, 0.717) is 0 Å². The Morgan fingerprint density at radius 1 is 1.17 bits per heavy atom. The van der Waals surface area contributed by atoms with Crippen LogP contribution in [0, 0.1) is 5.92 Å². The normalized spacial score (nSPS) is 24.1. The van der Waals surface area contributed by atoms with Crippen molar-refractivity contribution in [3.63, 3.8) is 0 Å². The van der Waals surface area contributed by atoms with Crippen LogP contribution in [0.4, 0.5) is 5.69 Å². The van der Waals surface area contributed by atoms with Crippen LogP contribution in [-0.2, 0) is 4.79 Å². The highest BCUT2D eigenvalue weighted by atomic mass is 16.3. The molecular weight excluding hydrogens is 226 g/mol. The molecule has 0 saturated heterocycles. The molecule has 1 fully saturated rings. The average molecular weight is 245 g/mol. The summed E-state index contributed by atoms with van der Waals surface area (Å²) in [5.41, 5.74) is 1.82. The van der Waals surface area contributed by atoms with Crippen LogP contribution in [0.3, 0.4) is 0 Å². The van der Waals surface area contributed by atoms with Gasteiger partial charge in [0.15, 0.2) is 0 Å². The fourth-order valence-corrected chi connectivity index (χ4v) is 2.84. The molecule has 1 amide bonds. The molecule has 3 heteroatoms. The molecule has 1 heterocycles. The van der Waals surface area contributed by atoms with Crippen molar-refractivity contribution in [3.05, 3.63) is 29.8 Å². The van der Waals surface area contributed by atoms with Gasteiger partial charge in [0, 0.05) is 23.7 Å². The van der Waals surface area contributed by atoms with E-state index in [1.165, 1.54) is 6.42 Å². The molecule has 1 aromatic rings. The Labute approximate surface area is 107 Å². The van der Waals surface area contributed by atoms with E-state index in [2.05, 4.69) is 0 Å². The van der Waals surface area contributed by atoms with Crippen molar-refractivity contribution in [2.75, 3.05) is 11.4 Å². The molecule has 3 nitrogen and oxygen atoms in total. The van der Waals surface area contributed by atoms with Gasteiger partial charge in [0.25, 0.3) is 0 Å². The molecule has 96 valence electrons. The van der Waals surface area contributed by atoms with E-state index in [4.69, 9.17) is 0 Å². The van der Waals surface area contributed by atoms with Crippen LogP contribution in [0.2, 0.25) is 0 Å². The number of nitrogens with zero attached hydrogens (tertiary/aromatic N) is 1. The van der Waals surface area contributed by atoms with Gasteiger partial charge in [-0.25, -0.2) is 0 Å². The molecule has 2 aliphatic rings. The van der Waals surface area contributed by atoms with E-state index in [1.54, 1.807) is 0 Å². The van der Waals surface area contributed by atoms with Gasteiger partial charge in [-0.1, -0.05) is 24.6 Å². The first-order valence-electron chi connectivity index (χ1n) is 6.86. The van der Waals surface area contributed by atoms with Gasteiger partial charge < -0.3 is 10.0 Å². The second-order valence-corrected chi connectivity index (χ2v) is 5.33. The van der Waals surface area contributed by atoms with Crippen LogP contribution in [-0.4, -0.2) is 17.6 Å². The number of hydrogen-bond acceptors (Lipinski definition) is 2. The SMILES string of the molecule is O=C(C1CCC1)N1CCCC(O)c2ccccc21. The van der Waals surface area contributed by atoms with Crippen LogP contribution in [0.1, 0.15) is 43.8 Å². The zero-order valence-corrected chi connectivity index (χ0v) is 10.5. The largest absolute Gasteiger partial charge is 0.388 e. The Balaban J connectivity index is 1.94. The molecule has 3 rings (SSSR count). The van der Waals surface area contributed by atoms with E-state index in [1.807, 2.05) is 29.2 Å². The fraction of sp³-hybridized carbons (Fsp3) is 0.533. The summed E-state index contributed by atoms with van der Waals surface area (Å²) < 4.78 is 0. The Kier molecular flexibility index (Phi) is 3.08. The van der Waals surface area contributed by atoms with Crippen molar-refractivity contribution in [2.24, 2.45) is 5.92 Å². The standard InChI is InChI=1S/C15H19NO2/c17-14-9-4-10-16(15(18)11-5-3-6-11)13-8-2-1-7-12(13)14/h1-2,7-8,11,14,17H,3-6,9-10H2. The molecule has 1 N–H and O–H groups in total. The number of fused-ring (bicyclic) bond motifs is 1. The van der Waals surface area contributed by atoms with Gasteiger partial charge in [-0.2, -0.15) is 0 Å². The van der Waals surface area contributed by atoms with Gasteiger partial charge in [0.2, 0.25) is 5.91 Å². The second kappa shape index (κ2) is 4.73. The summed E-state index contributed by atoms with van der Waals surface area (Å²) >= 11 is 0. The van der Waals surface area contributed by atoms with Crippen LogP contribution in [0.25, 0.3) is 0 Å². The van der Waals surface area contributed by atoms with Crippen molar-refractivity contribution < 1.29 is 9.90 Å². The van der Waals surface area contributed by atoms with Gasteiger partial charge in [-0.15, -0.1) is 0 Å². The molecule has 1 aliphatic carbocycles. The number of amides is 1. The fourth-order valence-electron chi connectivity index (χ4n) is 2.84. The first kappa shape index (κ1) is 11.7. The van der Waals surface area contributed by atoms with Crippen molar-refractivity contribution in [1.82, 2.24) is 0 Å². The summed E-state index contributed by atoms with van der Waals surface area (Å²) in [6.45, 7) is 0.739. The third-order valence-electron chi connectivity index (χ3n) is 4.17. The van der Waals surface area contributed by atoms with Gasteiger partial charge >= 0.3 is 0 Å². The molecule has 18 heavy (non-hydrogen) atoms. The second-order valence-electron chi connectivity index (χ2n) is 5.33. The molecule has 1 saturated carbocycles. The van der Waals surface area contributed by atoms with Gasteiger partial charge in [0.1, 0.15) is 0 Å². The summed E-state index contributed by atoms with van der Waals surface area (Å²) in [6.07, 6.45) is 4.41. The summed E-state index contributed by atoms with van der Waals surface area (Å²) in [7, 11) is 0. The molecule has 0 bridgehead atoms. The smallest absolute Gasteiger partial charge is 0.230 e. The number of benzene rings is 1. The number of carbonyl (C=O) groups is 1. The quantitative estimate of drug-likeness (QED) is 0.826. The molecule has 0 radical (unpaired) electrons. The summed E-state index contributed by atoms with van der Waals surface area (Å²) in [5.74, 6) is 0.469. The Morgan fingerprint density at radius 2 is 1.94 bits per heavy atom. The minimum absolute atomic E-state index is 0.216.